The normalized spacial score (nSPS) is 13.3. The average molecular weight is 428 g/mol. The monoisotopic (exact) mass is 426 g/mol. The van der Waals surface area contributed by atoms with Crippen LogP contribution in [0.15, 0.2) is 45.3 Å². The highest BCUT2D eigenvalue weighted by atomic mass is 79.9. The number of hydrogen-bond donors (Lipinski definition) is 1. The van der Waals surface area contributed by atoms with Gasteiger partial charge < -0.3 is 5.11 Å². The molecule has 1 nitrogen and oxygen atoms in total. The van der Waals surface area contributed by atoms with Crippen LogP contribution in [-0.4, -0.2) is 5.11 Å². The van der Waals surface area contributed by atoms with Crippen LogP contribution in [-0.2, 0) is 6.18 Å². The lowest BCUT2D eigenvalue weighted by Gasteiger charge is -2.16. The fraction of sp³-hybridized carbons (Fsp3) is 0.143. The molecule has 7 heteroatoms. The van der Waals surface area contributed by atoms with Gasteiger partial charge >= 0.3 is 6.18 Å². The van der Waals surface area contributed by atoms with Crippen molar-refractivity contribution in [1.29, 1.82) is 0 Å². The minimum atomic E-state index is -4.57. The topological polar surface area (TPSA) is 20.2 Å². The summed E-state index contributed by atoms with van der Waals surface area (Å²) in [6.07, 6.45) is -6.05. The standard InChI is InChI=1S/C14H8Br2F4O/c15-8-2-4-12(17)9(6-8)13(21)7-1-3-11(16)10(5-7)14(18,19)20/h1-6,13,21H. The minimum absolute atomic E-state index is 0.0393. The molecule has 2 aromatic rings. The predicted molar refractivity (Wildman–Crippen MR) is 77.3 cm³/mol. The molecule has 0 fully saturated rings. The van der Waals surface area contributed by atoms with Crippen LogP contribution in [0.4, 0.5) is 17.6 Å². The maximum absolute atomic E-state index is 13.7. The van der Waals surface area contributed by atoms with Crippen LogP contribution in [0.1, 0.15) is 22.8 Å². The molecule has 0 saturated carbocycles. The van der Waals surface area contributed by atoms with Crippen molar-refractivity contribution in [3.63, 3.8) is 0 Å². The Hall–Kier alpha value is -0.920. The third kappa shape index (κ3) is 3.64. The van der Waals surface area contributed by atoms with E-state index < -0.39 is 23.7 Å². The van der Waals surface area contributed by atoms with Crippen molar-refractivity contribution in [3.05, 3.63) is 67.9 Å². The Morgan fingerprint density at radius 2 is 1.67 bits per heavy atom. The van der Waals surface area contributed by atoms with E-state index in [9.17, 15) is 22.7 Å². The van der Waals surface area contributed by atoms with E-state index in [4.69, 9.17) is 0 Å². The summed E-state index contributed by atoms with van der Waals surface area (Å²) in [7, 11) is 0. The third-order valence-corrected chi connectivity index (χ3v) is 4.05. The Balaban J connectivity index is 2.49. The third-order valence-electron chi connectivity index (χ3n) is 2.86. The lowest BCUT2D eigenvalue weighted by molar-refractivity contribution is -0.138. The van der Waals surface area contributed by atoms with E-state index in [1.54, 1.807) is 0 Å². The van der Waals surface area contributed by atoms with Gasteiger partial charge in [-0.1, -0.05) is 37.9 Å². The number of benzene rings is 2. The molecular formula is C14H8Br2F4O. The SMILES string of the molecule is OC(c1ccc(Br)c(C(F)(F)F)c1)c1cc(Br)ccc1F. The fourth-order valence-corrected chi connectivity index (χ4v) is 2.68. The van der Waals surface area contributed by atoms with Crippen LogP contribution < -0.4 is 0 Å². The molecule has 0 aliphatic heterocycles. The largest absolute Gasteiger partial charge is 0.417 e. The Bertz CT molecular complexity index is 671. The number of aliphatic hydroxyl groups excluding tert-OH is 1. The van der Waals surface area contributed by atoms with E-state index in [1.807, 2.05) is 0 Å². The highest BCUT2D eigenvalue weighted by Crippen LogP contribution is 2.37. The van der Waals surface area contributed by atoms with Crippen molar-refractivity contribution in [3.8, 4) is 0 Å². The highest BCUT2D eigenvalue weighted by molar-refractivity contribution is 9.10. The molecule has 112 valence electrons. The van der Waals surface area contributed by atoms with Crippen molar-refractivity contribution >= 4 is 31.9 Å². The fourth-order valence-electron chi connectivity index (χ4n) is 1.83. The van der Waals surface area contributed by atoms with Gasteiger partial charge in [0.15, 0.2) is 0 Å². The number of hydrogen-bond acceptors (Lipinski definition) is 1. The van der Waals surface area contributed by atoms with Gasteiger partial charge in [0.1, 0.15) is 11.9 Å². The summed E-state index contributed by atoms with van der Waals surface area (Å²) >= 11 is 5.94. The van der Waals surface area contributed by atoms with Gasteiger partial charge in [-0.15, -0.1) is 0 Å². The maximum Gasteiger partial charge on any atom is 0.417 e. The smallest absolute Gasteiger partial charge is 0.384 e. The second kappa shape index (κ2) is 6.06. The molecule has 1 atom stereocenters. The molecule has 0 radical (unpaired) electrons. The summed E-state index contributed by atoms with van der Waals surface area (Å²) < 4.78 is 52.6. The van der Waals surface area contributed by atoms with Gasteiger partial charge in [0.2, 0.25) is 0 Å². The van der Waals surface area contributed by atoms with E-state index in [0.29, 0.717) is 4.47 Å². The van der Waals surface area contributed by atoms with Crippen molar-refractivity contribution in [1.82, 2.24) is 0 Å². The Labute approximate surface area is 134 Å². The number of rotatable bonds is 2. The molecule has 0 amide bonds. The van der Waals surface area contributed by atoms with E-state index in [2.05, 4.69) is 31.9 Å². The molecule has 0 spiro atoms. The van der Waals surface area contributed by atoms with E-state index in [0.717, 1.165) is 12.1 Å². The molecule has 0 bridgehead atoms. The molecule has 2 rings (SSSR count). The van der Waals surface area contributed by atoms with E-state index >= 15 is 0 Å². The van der Waals surface area contributed by atoms with Gasteiger partial charge in [-0.25, -0.2) is 4.39 Å². The molecule has 21 heavy (non-hydrogen) atoms. The number of alkyl halides is 3. The van der Waals surface area contributed by atoms with Gasteiger partial charge in [0.05, 0.1) is 5.56 Å². The zero-order chi connectivity index (χ0) is 15.8. The van der Waals surface area contributed by atoms with Crippen molar-refractivity contribution in [2.75, 3.05) is 0 Å². The van der Waals surface area contributed by atoms with Gasteiger partial charge in [-0.05, 0) is 35.9 Å². The van der Waals surface area contributed by atoms with Gasteiger partial charge in [-0.2, -0.15) is 13.2 Å². The molecule has 1 unspecified atom stereocenters. The first-order valence-corrected chi connectivity index (χ1v) is 7.28. The second-order valence-corrected chi connectivity index (χ2v) is 6.08. The molecule has 0 saturated heterocycles. The summed E-state index contributed by atoms with van der Waals surface area (Å²) in [4.78, 5) is 0. The molecule has 0 aliphatic carbocycles. The minimum Gasteiger partial charge on any atom is -0.384 e. The molecule has 2 aromatic carbocycles. The van der Waals surface area contributed by atoms with Gasteiger partial charge in [-0.3, -0.25) is 0 Å². The molecule has 1 N–H and O–H groups in total. The first-order valence-electron chi connectivity index (χ1n) is 5.70. The first-order chi connectivity index (χ1) is 9.70. The van der Waals surface area contributed by atoms with Crippen molar-refractivity contribution in [2.24, 2.45) is 0 Å². The van der Waals surface area contributed by atoms with Crippen LogP contribution in [0.3, 0.4) is 0 Å². The Morgan fingerprint density at radius 3 is 2.29 bits per heavy atom. The van der Waals surface area contributed by atoms with Crippen molar-refractivity contribution < 1.29 is 22.7 Å². The van der Waals surface area contributed by atoms with E-state index in [1.165, 1.54) is 24.3 Å². The Morgan fingerprint density at radius 1 is 1.00 bits per heavy atom. The number of halogens is 6. The highest BCUT2D eigenvalue weighted by Gasteiger charge is 2.33. The van der Waals surface area contributed by atoms with Crippen LogP contribution in [0.25, 0.3) is 0 Å². The molecule has 0 heterocycles. The zero-order valence-electron chi connectivity index (χ0n) is 10.3. The lowest BCUT2D eigenvalue weighted by atomic mass is 9.99. The van der Waals surface area contributed by atoms with Crippen LogP contribution in [0.2, 0.25) is 0 Å². The van der Waals surface area contributed by atoms with E-state index in [-0.39, 0.29) is 15.6 Å². The predicted octanol–water partition coefficient (Wildman–Crippen LogP) is 5.45. The summed E-state index contributed by atoms with van der Waals surface area (Å²) in [5.74, 6) is -0.692. The van der Waals surface area contributed by atoms with Gasteiger partial charge in [0, 0.05) is 14.5 Å². The van der Waals surface area contributed by atoms with Crippen LogP contribution in [0.5, 0.6) is 0 Å². The summed E-state index contributed by atoms with van der Waals surface area (Å²) in [6, 6.07) is 7.19. The second-order valence-electron chi connectivity index (χ2n) is 4.31. The Kier molecular flexibility index (Phi) is 4.75. The molecular weight excluding hydrogens is 420 g/mol. The summed E-state index contributed by atoms with van der Waals surface area (Å²) in [5, 5.41) is 10.1. The lowest BCUT2D eigenvalue weighted by Crippen LogP contribution is -2.09. The maximum atomic E-state index is 13.7. The summed E-state index contributed by atoms with van der Waals surface area (Å²) in [6.45, 7) is 0. The van der Waals surface area contributed by atoms with Gasteiger partial charge in [0.25, 0.3) is 0 Å². The average Bonchev–Trinajstić information content (AvgIpc) is 2.40. The quantitative estimate of drug-likeness (QED) is 0.631. The molecule has 0 aliphatic rings. The molecule has 0 aromatic heterocycles. The van der Waals surface area contributed by atoms with Crippen molar-refractivity contribution in [2.45, 2.75) is 12.3 Å². The summed E-state index contributed by atoms with van der Waals surface area (Å²) in [5.41, 5.74) is -1.06. The first kappa shape index (κ1) is 16.5. The number of aliphatic hydroxyl groups is 1. The van der Waals surface area contributed by atoms with Crippen LogP contribution >= 0.6 is 31.9 Å². The zero-order valence-corrected chi connectivity index (χ0v) is 13.4. The van der Waals surface area contributed by atoms with Crippen LogP contribution in [0, 0.1) is 5.82 Å².